The summed E-state index contributed by atoms with van der Waals surface area (Å²) in [4.78, 5) is 25.8. The van der Waals surface area contributed by atoms with Gasteiger partial charge in [0.2, 0.25) is 5.78 Å². The minimum atomic E-state index is -0.780. The van der Waals surface area contributed by atoms with Crippen LogP contribution in [0.25, 0.3) is 0 Å². The van der Waals surface area contributed by atoms with Crippen molar-refractivity contribution in [2.24, 2.45) is 27.6 Å². The number of carbonyl (C=O) groups excluding carboxylic acids is 1. The standard InChI is InChI=1S/C29H38O6/c1-15-19-16(13-17(30)20(15)31)27(4)10-12-28(5)18-14-26(3,24(34)35)8-7-25(18,2)9-11-29(28,6)23(27)22(33)21(19)32/h13,18,30-31,33H,7-12,14H2,1-6H3,(H,34,35). The van der Waals surface area contributed by atoms with Gasteiger partial charge in [0.1, 0.15) is 0 Å². The molecule has 4 N–H and O–H groups in total. The number of carboxylic acid groups (broad SMARTS) is 1. The third-order valence-electron chi connectivity index (χ3n) is 11.5. The van der Waals surface area contributed by atoms with Crippen LogP contribution in [0.4, 0.5) is 0 Å². The normalized spacial score (nSPS) is 42.6. The maximum absolute atomic E-state index is 13.6. The number of phenolic OH excluding ortho intramolecular Hbond substituents is 2. The Hall–Kier alpha value is -2.50. The van der Waals surface area contributed by atoms with Crippen LogP contribution in [0.2, 0.25) is 0 Å². The molecule has 0 saturated heterocycles. The summed E-state index contributed by atoms with van der Waals surface area (Å²) in [5.74, 6) is -1.92. The number of hydrogen-bond acceptors (Lipinski definition) is 5. The Morgan fingerprint density at radius 1 is 0.943 bits per heavy atom. The van der Waals surface area contributed by atoms with Gasteiger partial charge in [-0.3, -0.25) is 9.59 Å². The molecular formula is C29H38O6. The molecule has 3 fully saturated rings. The number of ketones is 1. The molecule has 4 aliphatic carbocycles. The van der Waals surface area contributed by atoms with Crippen molar-refractivity contribution in [2.75, 3.05) is 0 Å². The fraction of sp³-hybridized carbons (Fsp3) is 0.655. The van der Waals surface area contributed by atoms with Crippen LogP contribution in [0, 0.1) is 34.5 Å². The molecule has 3 saturated carbocycles. The summed E-state index contributed by atoms with van der Waals surface area (Å²) in [6.07, 6.45) is 5.33. The summed E-state index contributed by atoms with van der Waals surface area (Å²) in [7, 11) is 0. The molecule has 0 aromatic heterocycles. The van der Waals surface area contributed by atoms with Gasteiger partial charge in [-0.2, -0.15) is 0 Å². The Balaban J connectivity index is 1.72. The van der Waals surface area contributed by atoms with Crippen molar-refractivity contribution in [3.63, 3.8) is 0 Å². The van der Waals surface area contributed by atoms with Crippen molar-refractivity contribution in [1.82, 2.24) is 0 Å². The van der Waals surface area contributed by atoms with Crippen LogP contribution >= 0.6 is 0 Å². The third-order valence-corrected chi connectivity index (χ3v) is 11.5. The minimum absolute atomic E-state index is 0.0182. The van der Waals surface area contributed by atoms with Crippen molar-refractivity contribution in [3.05, 3.63) is 34.1 Å². The molecule has 0 radical (unpaired) electrons. The summed E-state index contributed by atoms with van der Waals surface area (Å²) in [5.41, 5.74) is -0.280. The minimum Gasteiger partial charge on any atom is -0.504 e. The molecule has 0 amide bonds. The average Bonchev–Trinajstić information content (AvgIpc) is 2.78. The fourth-order valence-electron chi connectivity index (χ4n) is 8.87. The summed E-state index contributed by atoms with van der Waals surface area (Å²) in [6, 6.07) is 1.50. The largest absolute Gasteiger partial charge is 0.504 e. The molecule has 1 aromatic carbocycles. The molecule has 1 aromatic rings. The number of fused-ring (bicyclic) bond motifs is 7. The summed E-state index contributed by atoms with van der Waals surface area (Å²) >= 11 is 0. The first-order valence-electron chi connectivity index (χ1n) is 12.8. The highest BCUT2D eigenvalue weighted by Crippen LogP contribution is 2.75. The number of benzene rings is 1. The van der Waals surface area contributed by atoms with Gasteiger partial charge in [-0.15, -0.1) is 0 Å². The zero-order valence-corrected chi connectivity index (χ0v) is 21.7. The number of aromatic hydroxyl groups is 2. The molecule has 0 spiro atoms. The van der Waals surface area contributed by atoms with Gasteiger partial charge in [0.25, 0.3) is 0 Å². The number of hydrogen-bond donors (Lipinski definition) is 4. The number of phenols is 2. The lowest BCUT2D eigenvalue weighted by Gasteiger charge is -2.69. The molecule has 5 rings (SSSR count). The predicted octanol–water partition coefficient (Wildman–Crippen LogP) is 6.17. The van der Waals surface area contributed by atoms with E-state index in [1.807, 2.05) is 13.8 Å². The lowest BCUT2D eigenvalue weighted by Crippen LogP contribution is -2.63. The van der Waals surface area contributed by atoms with Gasteiger partial charge in [-0.25, -0.2) is 0 Å². The number of allylic oxidation sites excluding steroid dienone is 2. The second-order valence-electron chi connectivity index (χ2n) is 13.2. The third kappa shape index (κ3) is 2.71. The van der Waals surface area contributed by atoms with E-state index in [1.54, 1.807) is 6.92 Å². The molecule has 0 aliphatic heterocycles. The van der Waals surface area contributed by atoms with Crippen molar-refractivity contribution < 1.29 is 30.0 Å². The number of Topliss-reactive ketones (excluding diaryl/α,β-unsaturated/α-hetero) is 1. The highest BCUT2D eigenvalue weighted by molar-refractivity contribution is 6.12. The number of aliphatic hydroxyl groups is 1. The number of carbonyl (C=O) groups is 2. The molecule has 0 bridgehead atoms. The average molecular weight is 483 g/mol. The Bertz CT molecular complexity index is 1210. The Morgan fingerprint density at radius 2 is 1.57 bits per heavy atom. The molecule has 6 nitrogen and oxygen atoms in total. The Kier molecular flexibility index (Phi) is 4.72. The predicted molar refractivity (Wildman–Crippen MR) is 132 cm³/mol. The Labute approximate surface area is 207 Å². The molecule has 6 heteroatoms. The van der Waals surface area contributed by atoms with Crippen LogP contribution in [-0.2, 0) is 10.2 Å². The van der Waals surface area contributed by atoms with E-state index in [4.69, 9.17) is 0 Å². The molecule has 6 atom stereocenters. The number of aliphatic hydroxyl groups excluding tert-OH is 1. The summed E-state index contributed by atoms with van der Waals surface area (Å²) in [5, 5.41) is 42.4. The van der Waals surface area contributed by atoms with E-state index in [1.165, 1.54) is 6.07 Å². The van der Waals surface area contributed by atoms with Crippen LogP contribution in [0.1, 0.15) is 101 Å². The number of rotatable bonds is 1. The van der Waals surface area contributed by atoms with Crippen molar-refractivity contribution in [2.45, 2.75) is 91.9 Å². The molecule has 4 aliphatic rings. The van der Waals surface area contributed by atoms with Gasteiger partial charge in [0, 0.05) is 16.5 Å². The quantitative estimate of drug-likeness (QED) is 0.356. The van der Waals surface area contributed by atoms with Crippen molar-refractivity contribution in [1.29, 1.82) is 0 Å². The number of carboxylic acids is 1. The van der Waals surface area contributed by atoms with Gasteiger partial charge in [-0.05, 0) is 98.2 Å². The van der Waals surface area contributed by atoms with Gasteiger partial charge in [0.05, 0.1) is 5.41 Å². The Morgan fingerprint density at radius 3 is 2.20 bits per heavy atom. The molecule has 35 heavy (non-hydrogen) atoms. The van der Waals surface area contributed by atoms with Crippen LogP contribution in [0.15, 0.2) is 17.4 Å². The van der Waals surface area contributed by atoms with E-state index in [-0.39, 0.29) is 45.1 Å². The highest BCUT2D eigenvalue weighted by Gasteiger charge is 2.68. The lowest BCUT2D eigenvalue weighted by atomic mass is 9.34. The van der Waals surface area contributed by atoms with Crippen LogP contribution in [-0.4, -0.2) is 32.2 Å². The van der Waals surface area contributed by atoms with E-state index >= 15 is 0 Å². The van der Waals surface area contributed by atoms with Gasteiger partial charge in [-0.1, -0.05) is 27.7 Å². The van der Waals surface area contributed by atoms with Gasteiger partial charge >= 0.3 is 5.97 Å². The molecule has 190 valence electrons. The van der Waals surface area contributed by atoms with E-state index in [0.717, 1.165) is 31.3 Å². The van der Waals surface area contributed by atoms with Crippen molar-refractivity contribution >= 4 is 11.8 Å². The zero-order valence-electron chi connectivity index (χ0n) is 21.7. The highest BCUT2D eigenvalue weighted by atomic mass is 16.4. The first kappa shape index (κ1) is 24.2. The van der Waals surface area contributed by atoms with E-state index in [9.17, 15) is 30.0 Å². The van der Waals surface area contributed by atoms with Gasteiger partial charge < -0.3 is 20.4 Å². The first-order valence-corrected chi connectivity index (χ1v) is 12.8. The second-order valence-corrected chi connectivity index (χ2v) is 13.2. The molecular weight excluding hydrogens is 444 g/mol. The molecule has 6 unspecified atom stereocenters. The smallest absolute Gasteiger partial charge is 0.309 e. The van der Waals surface area contributed by atoms with Crippen LogP contribution < -0.4 is 0 Å². The zero-order chi connectivity index (χ0) is 25.9. The maximum Gasteiger partial charge on any atom is 0.309 e. The summed E-state index contributed by atoms with van der Waals surface area (Å²) < 4.78 is 0. The molecule has 0 heterocycles. The van der Waals surface area contributed by atoms with E-state index in [2.05, 4.69) is 20.8 Å². The first-order chi connectivity index (χ1) is 16.1. The monoisotopic (exact) mass is 482 g/mol. The van der Waals surface area contributed by atoms with E-state index in [0.29, 0.717) is 24.8 Å². The summed E-state index contributed by atoms with van der Waals surface area (Å²) in [6.45, 7) is 12.2. The van der Waals surface area contributed by atoms with Crippen molar-refractivity contribution in [3.8, 4) is 11.5 Å². The van der Waals surface area contributed by atoms with E-state index < -0.39 is 28.0 Å². The topological polar surface area (TPSA) is 115 Å². The second kappa shape index (κ2) is 6.83. The fourth-order valence-corrected chi connectivity index (χ4v) is 8.87. The maximum atomic E-state index is 13.6. The van der Waals surface area contributed by atoms with Crippen LogP contribution in [0.5, 0.6) is 11.5 Å². The van der Waals surface area contributed by atoms with Crippen LogP contribution in [0.3, 0.4) is 0 Å². The van der Waals surface area contributed by atoms with Gasteiger partial charge in [0.15, 0.2) is 17.3 Å². The lowest BCUT2D eigenvalue weighted by molar-refractivity contribution is -0.177. The number of aliphatic carboxylic acids is 1. The SMILES string of the molecule is Cc1c(O)c(O)cc2c1C(=O)C(O)=C1C2(C)CCC2(C)C3CC(C)(C(=O)O)CCC3(C)CCC12C.